The van der Waals surface area contributed by atoms with E-state index >= 15 is 0 Å². The van der Waals surface area contributed by atoms with Gasteiger partial charge in [-0.05, 0) is 31.1 Å². The summed E-state index contributed by atoms with van der Waals surface area (Å²) in [4.78, 5) is 27.7. The molecule has 4 heteroatoms. The topological polar surface area (TPSA) is 49.4 Å². The third-order valence-corrected chi connectivity index (χ3v) is 4.74. The van der Waals surface area contributed by atoms with Gasteiger partial charge in [0.1, 0.15) is 11.6 Å². The highest BCUT2D eigenvalue weighted by atomic mass is 16.2. The van der Waals surface area contributed by atoms with E-state index in [2.05, 4.69) is 33.0 Å². The number of piperazine rings is 1. The quantitative estimate of drug-likeness (QED) is 0.866. The van der Waals surface area contributed by atoms with Gasteiger partial charge < -0.3 is 10.2 Å². The molecule has 0 aromatic carbocycles. The van der Waals surface area contributed by atoms with Crippen molar-refractivity contribution in [3.05, 3.63) is 0 Å². The van der Waals surface area contributed by atoms with Crippen LogP contribution in [-0.4, -0.2) is 34.8 Å². The van der Waals surface area contributed by atoms with E-state index in [-0.39, 0.29) is 17.9 Å². The number of carbonyl (C=O) groups excluding carboxylic acids is 2. The van der Waals surface area contributed by atoms with Crippen LogP contribution in [0.3, 0.4) is 0 Å². The summed E-state index contributed by atoms with van der Waals surface area (Å²) in [6.45, 7) is 9.12. The Hall–Kier alpha value is -1.06. The van der Waals surface area contributed by atoms with Gasteiger partial charge in [-0.3, -0.25) is 9.59 Å². The first-order chi connectivity index (χ1) is 9.86. The summed E-state index contributed by atoms with van der Waals surface area (Å²) in [5, 5.41) is 3.03. The van der Waals surface area contributed by atoms with Gasteiger partial charge in [-0.2, -0.15) is 0 Å². The second-order valence-corrected chi connectivity index (χ2v) is 7.59. The minimum absolute atomic E-state index is 0.0908. The molecule has 0 aromatic rings. The van der Waals surface area contributed by atoms with Crippen molar-refractivity contribution in [2.45, 2.75) is 77.8 Å². The van der Waals surface area contributed by atoms with Crippen molar-refractivity contribution >= 4 is 11.8 Å². The van der Waals surface area contributed by atoms with Crippen molar-refractivity contribution in [2.24, 2.45) is 11.8 Å². The van der Waals surface area contributed by atoms with Crippen molar-refractivity contribution in [3.8, 4) is 0 Å². The largest absolute Gasteiger partial charge is 0.342 e. The van der Waals surface area contributed by atoms with Crippen molar-refractivity contribution < 1.29 is 9.59 Å². The van der Waals surface area contributed by atoms with Crippen LogP contribution in [0, 0.1) is 11.8 Å². The molecule has 2 amide bonds. The Morgan fingerprint density at radius 2 is 1.71 bits per heavy atom. The average Bonchev–Trinajstić information content (AvgIpc) is 2.42. The van der Waals surface area contributed by atoms with Crippen molar-refractivity contribution in [3.63, 3.8) is 0 Å². The molecule has 2 aliphatic rings. The van der Waals surface area contributed by atoms with E-state index in [0.29, 0.717) is 18.4 Å². The van der Waals surface area contributed by atoms with Gasteiger partial charge in [-0.15, -0.1) is 0 Å². The molecule has 2 rings (SSSR count). The van der Waals surface area contributed by atoms with Crippen LogP contribution in [0.25, 0.3) is 0 Å². The normalized spacial score (nSPS) is 25.8. The fourth-order valence-electron chi connectivity index (χ4n) is 3.77. The summed E-state index contributed by atoms with van der Waals surface area (Å²) >= 11 is 0. The monoisotopic (exact) mass is 294 g/mol. The molecular weight excluding hydrogens is 264 g/mol. The molecule has 1 heterocycles. The lowest BCUT2D eigenvalue weighted by Gasteiger charge is -2.50. The van der Waals surface area contributed by atoms with E-state index in [1.54, 1.807) is 0 Å². The molecule has 1 aliphatic heterocycles. The molecule has 1 atom stereocenters. The summed E-state index contributed by atoms with van der Waals surface area (Å²) < 4.78 is 0. The van der Waals surface area contributed by atoms with Crippen LogP contribution < -0.4 is 5.32 Å². The lowest BCUT2D eigenvalue weighted by molar-refractivity contribution is -0.161. The second-order valence-electron chi connectivity index (χ2n) is 7.59. The van der Waals surface area contributed by atoms with Crippen LogP contribution >= 0.6 is 0 Å². The molecule has 120 valence electrons. The molecule has 1 unspecified atom stereocenters. The van der Waals surface area contributed by atoms with Gasteiger partial charge in [0, 0.05) is 6.54 Å². The molecule has 0 bridgehead atoms. The highest BCUT2D eigenvalue weighted by Gasteiger charge is 2.52. The number of hydrogen-bond acceptors (Lipinski definition) is 2. The third kappa shape index (κ3) is 3.24. The van der Waals surface area contributed by atoms with E-state index in [0.717, 1.165) is 32.1 Å². The van der Waals surface area contributed by atoms with Crippen LogP contribution in [0.15, 0.2) is 0 Å². The Kier molecular flexibility index (Phi) is 4.95. The van der Waals surface area contributed by atoms with Crippen LogP contribution in [0.4, 0.5) is 0 Å². The zero-order valence-electron chi connectivity index (χ0n) is 13.9. The average molecular weight is 294 g/mol. The van der Waals surface area contributed by atoms with E-state index in [4.69, 9.17) is 0 Å². The van der Waals surface area contributed by atoms with Crippen LogP contribution in [-0.2, 0) is 9.59 Å². The van der Waals surface area contributed by atoms with Gasteiger partial charge in [0.15, 0.2) is 0 Å². The first kappa shape index (κ1) is 16.3. The summed E-state index contributed by atoms with van der Waals surface area (Å²) in [5.74, 6) is 1.02. The zero-order valence-corrected chi connectivity index (χ0v) is 13.9. The molecule has 21 heavy (non-hydrogen) atoms. The maximum absolute atomic E-state index is 12.9. The lowest BCUT2D eigenvalue weighted by atomic mass is 9.76. The molecule has 1 aliphatic carbocycles. The predicted octanol–water partition coefficient (Wildman–Crippen LogP) is 2.72. The number of rotatable bonds is 4. The minimum atomic E-state index is -0.562. The molecule has 1 saturated heterocycles. The Morgan fingerprint density at radius 3 is 2.24 bits per heavy atom. The molecule has 1 N–H and O–H groups in total. The zero-order chi connectivity index (χ0) is 15.6. The van der Waals surface area contributed by atoms with Crippen LogP contribution in [0.1, 0.15) is 66.2 Å². The molecule has 2 fully saturated rings. The van der Waals surface area contributed by atoms with Gasteiger partial charge in [0.25, 0.3) is 0 Å². The van der Waals surface area contributed by atoms with E-state index in [1.165, 1.54) is 6.42 Å². The molecule has 1 saturated carbocycles. The summed E-state index contributed by atoms with van der Waals surface area (Å²) in [6, 6.07) is -0.330. The molecule has 0 radical (unpaired) electrons. The van der Waals surface area contributed by atoms with Crippen LogP contribution in [0.5, 0.6) is 0 Å². The second kappa shape index (κ2) is 6.37. The molecule has 4 nitrogen and oxygen atoms in total. The predicted molar refractivity (Wildman–Crippen MR) is 83.8 cm³/mol. The Labute approximate surface area is 128 Å². The van der Waals surface area contributed by atoms with Crippen molar-refractivity contribution in [1.82, 2.24) is 10.2 Å². The van der Waals surface area contributed by atoms with Crippen molar-refractivity contribution in [1.29, 1.82) is 0 Å². The Bertz CT molecular complexity index is 398. The summed E-state index contributed by atoms with van der Waals surface area (Å²) in [6.07, 6.45) is 5.65. The summed E-state index contributed by atoms with van der Waals surface area (Å²) in [5.41, 5.74) is -0.562. The Balaban J connectivity index is 2.28. The SMILES string of the molecule is CC(C)CC1NC(=O)C2(CCCCC2)N(CC(C)C)C1=O. The maximum Gasteiger partial charge on any atom is 0.246 e. The highest BCUT2D eigenvalue weighted by molar-refractivity contribution is 5.99. The van der Waals surface area contributed by atoms with E-state index < -0.39 is 5.54 Å². The number of nitrogens with zero attached hydrogens (tertiary/aromatic N) is 1. The standard InChI is InChI=1S/C17H30N2O2/c1-12(2)10-14-15(20)19(11-13(3)4)17(16(21)18-14)8-6-5-7-9-17/h12-14H,5-11H2,1-4H3,(H,18,21). The van der Waals surface area contributed by atoms with Gasteiger partial charge in [-0.25, -0.2) is 0 Å². The van der Waals surface area contributed by atoms with Crippen molar-refractivity contribution in [2.75, 3.05) is 6.54 Å². The molecule has 0 aromatic heterocycles. The van der Waals surface area contributed by atoms with Gasteiger partial charge in [0.05, 0.1) is 0 Å². The first-order valence-electron chi connectivity index (χ1n) is 8.49. The Morgan fingerprint density at radius 1 is 1.10 bits per heavy atom. The number of amides is 2. The summed E-state index contributed by atoms with van der Waals surface area (Å²) in [7, 11) is 0. The lowest BCUT2D eigenvalue weighted by Crippen LogP contribution is -2.71. The first-order valence-corrected chi connectivity index (χ1v) is 8.49. The number of nitrogens with one attached hydrogen (secondary N) is 1. The molecule has 1 spiro atoms. The van der Waals surface area contributed by atoms with E-state index in [1.807, 2.05) is 4.90 Å². The van der Waals surface area contributed by atoms with E-state index in [9.17, 15) is 9.59 Å². The van der Waals surface area contributed by atoms with Gasteiger partial charge in [-0.1, -0.05) is 47.0 Å². The maximum atomic E-state index is 12.9. The number of hydrogen-bond donors (Lipinski definition) is 1. The highest BCUT2D eigenvalue weighted by Crippen LogP contribution is 2.37. The third-order valence-electron chi connectivity index (χ3n) is 4.74. The fraction of sp³-hybridized carbons (Fsp3) is 0.882. The van der Waals surface area contributed by atoms with Crippen LogP contribution in [0.2, 0.25) is 0 Å². The fourth-order valence-corrected chi connectivity index (χ4v) is 3.77. The molecular formula is C17H30N2O2. The van der Waals surface area contributed by atoms with Gasteiger partial charge >= 0.3 is 0 Å². The minimum Gasteiger partial charge on any atom is -0.342 e. The smallest absolute Gasteiger partial charge is 0.246 e. The van der Waals surface area contributed by atoms with Gasteiger partial charge in [0.2, 0.25) is 11.8 Å². The number of carbonyl (C=O) groups is 2.